The number of piperidine rings is 1. The molecule has 0 radical (unpaired) electrons. The molecule has 5 atom stereocenters. The molecule has 0 saturated carbocycles. The summed E-state index contributed by atoms with van der Waals surface area (Å²) < 4.78 is 0. The molecule has 3 aliphatic heterocycles. The summed E-state index contributed by atoms with van der Waals surface area (Å²) in [5.41, 5.74) is 22.9. The van der Waals surface area contributed by atoms with Crippen molar-refractivity contribution >= 4 is 18.1 Å². The summed E-state index contributed by atoms with van der Waals surface area (Å²) in [4.78, 5) is 12.6. The van der Waals surface area contributed by atoms with E-state index in [-0.39, 0.29) is 30.3 Å². The van der Waals surface area contributed by atoms with E-state index in [0.29, 0.717) is 25.2 Å². The van der Waals surface area contributed by atoms with Gasteiger partial charge in [-0.25, -0.2) is 4.99 Å². The van der Waals surface area contributed by atoms with E-state index in [0.717, 1.165) is 31.5 Å². The summed E-state index contributed by atoms with van der Waals surface area (Å²) >= 11 is 0. The lowest BCUT2D eigenvalue weighted by Gasteiger charge is -2.42. The van der Waals surface area contributed by atoms with E-state index < -0.39 is 0 Å². The third-order valence-electron chi connectivity index (χ3n) is 5.30. The fourth-order valence-corrected chi connectivity index (χ4v) is 3.98. The molecule has 2 saturated heterocycles. The normalized spacial score (nSPS) is 32.7. The van der Waals surface area contributed by atoms with Crippen LogP contribution in [0.15, 0.2) is 26.8 Å². The van der Waals surface area contributed by atoms with Gasteiger partial charge in [0.2, 0.25) is 0 Å². The van der Waals surface area contributed by atoms with Gasteiger partial charge in [0.05, 0.1) is 19.3 Å². The molecule has 0 aromatic carbocycles. The van der Waals surface area contributed by atoms with Crippen molar-refractivity contribution in [2.45, 2.75) is 56.1 Å². The van der Waals surface area contributed by atoms with Gasteiger partial charge < -0.3 is 38.9 Å². The molecule has 5 unspecified atom stereocenters. The van der Waals surface area contributed by atoms with Crippen molar-refractivity contribution in [3.63, 3.8) is 0 Å². The fraction of sp³-hybridized carbons (Fsp3) is 0.706. The number of guanidine groups is 2. The van der Waals surface area contributed by atoms with E-state index in [1.165, 1.54) is 6.42 Å². The third-order valence-corrected chi connectivity index (χ3v) is 5.30. The van der Waals surface area contributed by atoms with Crippen LogP contribution in [0.4, 0.5) is 0 Å². The number of rotatable bonds is 6. The average Bonchev–Trinajstić information content (AvgIpc) is 2.71. The number of hydrogen-bond donors (Lipinski definition) is 8. The molecule has 11 nitrogen and oxygen atoms in total. The molecule has 0 spiro atoms. The van der Waals surface area contributed by atoms with Gasteiger partial charge >= 0.3 is 0 Å². The number of hydrogen-bond acceptors (Lipinski definition) is 7. The molecule has 156 valence electrons. The zero-order valence-corrected chi connectivity index (χ0v) is 16.1. The number of aliphatic imine (C=N–C) groups is 3. The van der Waals surface area contributed by atoms with Gasteiger partial charge in [-0.05, 0) is 38.3 Å². The molecule has 0 aromatic heterocycles. The van der Waals surface area contributed by atoms with Crippen LogP contribution in [0.1, 0.15) is 25.7 Å². The van der Waals surface area contributed by atoms with Crippen LogP contribution in [0.2, 0.25) is 0 Å². The van der Waals surface area contributed by atoms with Crippen molar-refractivity contribution in [3.05, 3.63) is 11.8 Å². The number of nitrogens with one attached hydrogen (secondary N) is 4. The molecule has 28 heavy (non-hydrogen) atoms. The Bertz CT molecular complexity index is 633. The van der Waals surface area contributed by atoms with Crippen molar-refractivity contribution in [3.8, 4) is 0 Å². The highest BCUT2D eigenvalue weighted by Crippen LogP contribution is 2.22. The van der Waals surface area contributed by atoms with Crippen molar-refractivity contribution in [2.24, 2.45) is 37.9 Å². The lowest BCUT2D eigenvalue weighted by atomic mass is 9.89. The highest BCUT2D eigenvalue weighted by molar-refractivity contribution is 5.76. The average molecular weight is 392 g/mol. The number of nitrogens with two attached hydrogens (primary N) is 4. The van der Waals surface area contributed by atoms with E-state index in [2.05, 4.69) is 36.2 Å². The standard InChI is InChI=1S/C17H33N11/c18-16(19)24-8-14-22-6-4-12(27-14)10-2-1-3-11(26-10)13-5-7-23-15(28-13)9-25-17(20)21/h4,6,10-11,13-15,23,26-28H,1-3,5,7-9H2,(H4,18,19,24)(H4,20,21,25). The van der Waals surface area contributed by atoms with E-state index in [4.69, 9.17) is 22.9 Å². The summed E-state index contributed by atoms with van der Waals surface area (Å²) in [5.74, 6) is 0.199. The van der Waals surface area contributed by atoms with Crippen molar-refractivity contribution in [1.82, 2.24) is 21.3 Å². The van der Waals surface area contributed by atoms with Crippen molar-refractivity contribution in [2.75, 3.05) is 19.6 Å². The summed E-state index contributed by atoms with van der Waals surface area (Å²) in [6, 6.07) is 1.03. The minimum absolute atomic E-state index is 0.0798. The van der Waals surface area contributed by atoms with Gasteiger partial charge in [0.1, 0.15) is 6.17 Å². The van der Waals surface area contributed by atoms with Crippen LogP contribution in [0.25, 0.3) is 0 Å². The molecule has 12 N–H and O–H groups in total. The Hall–Kier alpha value is -2.37. The Morgan fingerprint density at radius 3 is 2.54 bits per heavy atom. The van der Waals surface area contributed by atoms with E-state index in [1.807, 2.05) is 12.3 Å². The molecule has 11 heteroatoms. The van der Waals surface area contributed by atoms with Gasteiger partial charge in [0.15, 0.2) is 11.9 Å². The first-order chi connectivity index (χ1) is 13.5. The summed E-state index contributed by atoms with van der Waals surface area (Å²) in [6.45, 7) is 1.90. The fourth-order valence-electron chi connectivity index (χ4n) is 3.98. The van der Waals surface area contributed by atoms with Crippen LogP contribution in [0.5, 0.6) is 0 Å². The molecule has 3 aliphatic rings. The summed E-state index contributed by atoms with van der Waals surface area (Å²) in [7, 11) is 0. The molecule has 2 fully saturated rings. The Kier molecular flexibility index (Phi) is 7.06. The van der Waals surface area contributed by atoms with Gasteiger partial charge in [-0.2, -0.15) is 0 Å². The second kappa shape index (κ2) is 9.71. The smallest absolute Gasteiger partial charge is 0.186 e. The Balaban J connectivity index is 1.55. The quantitative estimate of drug-likeness (QED) is 0.176. The first-order valence-electron chi connectivity index (χ1n) is 9.87. The van der Waals surface area contributed by atoms with Crippen LogP contribution in [0, 0.1) is 0 Å². The summed E-state index contributed by atoms with van der Waals surface area (Å²) in [5, 5.41) is 14.3. The van der Waals surface area contributed by atoms with Crippen LogP contribution in [-0.4, -0.2) is 68.2 Å². The Morgan fingerprint density at radius 1 is 1.00 bits per heavy atom. The second-order valence-corrected chi connectivity index (χ2v) is 7.44. The van der Waals surface area contributed by atoms with Gasteiger partial charge in [0.25, 0.3) is 0 Å². The SMILES string of the molecule is NC(N)=NCC1N=CC=C(C2CCCC(C3CCNC(CN=C(N)N)N3)N2)N1. The Morgan fingerprint density at radius 2 is 1.75 bits per heavy atom. The zero-order valence-electron chi connectivity index (χ0n) is 16.1. The van der Waals surface area contributed by atoms with E-state index >= 15 is 0 Å². The van der Waals surface area contributed by atoms with Crippen LogP contribution >= 0.6 is 0 Å². The molecule has 0 aromatic rings. The predicted octanol–water partition coefficient (Wildman–Crippen LogP) is -2.79. The van der Waals surface area contributed by atoms with Gasteiger partial charge in [-0.1, -0.05) is 0 Å². The summed E-state index contributed by atoms with van der Waals surface area (Å²) in [6.07, 6.45) is 8.27. The maximum absolute atomic E-state index is 5.45. The molecule has 0 bridgehead atoms. The number of nitrogens with zero attached hydrogens (tertiary/aromatic N) is 3. The molecule has 3 rings (SSSR count). The predicted molar refractivity (Wildman–Crippen MR) is 113 cm³/mol. The monoisotopic (exact) mass is 391 g/mol. The maximum atomic E-state index is 5.45. The van der Waals surface area contributed by atoms with Gasteiger partial charge in [-0.3, -0.25) is 15.3 Å². The zero-order chi connectivity index (χ0) is 19.9. The highest BCUT2D eigenvalue weighted by atomic mass is 15.2. The largest absolute Gasteiger partial charge is 0.370 e. The van der Waals surface area contributed by atoms with Crippen LogP contribution in [0.3, 0.4) is 0 Å². The maximum Gasteiger partial charge on any atom is 0.186 e. The minimum atomic E-state index is -0.134. The second-order valence-electron chi connectivity index (χ2n) is 7.44. The third kappa shape index (κ3) is 5.81. The van der Waals surface area contributed by atoms with Crippen LogP contribution < -0.4 is 44.2 Å². The van der Waals surface area contributed by atoms with Crippen molar-refractivity contribution in [1.29, 1.82) is 0 Å². The van der Waals surface area contributed by atoms with Crippen LogP contribution in [-0.2, 0) is 0 Å². The number of allylic oxidation sites excluding steroid dienone is 1. The Labute approximate surface area is 165 Å². The van der Waals surface area contributed by atoms with E-state index in [9.17, 15) is 0 Å². The molecular weight excluding hydrogens is 358 g/mol. The minimum Gasteiger partial charge on any atom is -0.370 e. The topological polar surface area (TPSA) is 189 Å². The van der Waals surface area contributed by atoms with E-state index in [1.54, 1.807) is 0 Å². The first kappa shape index (κ1) is 20.4. The molecular formula is C17H33N11. The lowest BCUT2D eigenvalue weighted by Crippen LogP contribution is -2.63. The van der Waals surface area contributed by atoms with Crippen molar-refractivity contribution < 1.29 is 0 Å². The molecule has 0 amide bonds. The highest BCUT2D eigenvalue weighted by Gasteiger charge is 2.32. The lowest BCUT2D eigenvalue weighted by molar-refractivity contribution is 0.211. The molecule has 0 aliphatic carbocycles. The van der Waals surface area contributed by atoms with Gasteiger partial charge in [0, 0.05) is 30.0 Å². The van der Waals surface area contributed by atoms with Gasteiger partial charge in [-0.15, -0.1) is 0 Å². The molecule has 3 heterocycles. The first-order valence-corrected chi connectivity index (χ1v) is 9.87.